The number of aromatic amines is 1. The summed E-state index contributed by atoms with van der Waals surface area (Å²) in [5.74, 6) is -0.937. The molecule has 0 saturated heterocycles. The average molecular weight is 341 g/mol. The lowest BCUT2D eigenvalue weighted by Gasteiger charge is -2.08. The van der Waals surface area contributed by atoms with Gasteiger partial charge in [-0.3, -0.25) is 19.9 Å². The molecule has 0 atom stereocenters. The van der Waals surface area contributed by atoms with E-state index in [1.54, 1.807) is 6.07 Å². The number of pyridine rings is 1. The summed E-state index contributed by atoms with van der Waals surface area (Å²) in [5.41, 5.74) is 5.21. The van der Waals surface area contributed by atoms with Gasteiger partial charge >= 0.3 is 5.97 Å². The number of ether oxygens (including phenoxy) is 1. The van der Waals surface area contributed by atoms with Crippen LogP contribution in [-0.4, -0.2) is 33.0 Å². The second kappa shape index (κ2) is 6.00. The molecule has 126 valence electrons. The first-order chi connectivity index (χ1) is 11.9. The zero-order valence-electron chi connectivity index (χ0n) is 12.8. The number of nitrogens with one attached hydrogen (secondary N) is 1. The molecule has 10 nitrogen and oxygen atoms in total. The van der Waals surface area contributed by atoms with E-state index in [1.165, 1.54) is 31.4 Å². The number of nitrogens with two attached hydrogens (primary N) is 1. The Hall–Kier alpha value is -3.82. The lowest BCUT2D eigenvalue weighted by atomic mass is 10.1. The van der Waals surface area contributed by atoms with E-state index < -0.39 is 16.5 Å². The van der Waals surface area contributed by atoms with Crippen molar-refractivity contribution < 1.29 is 14.5 Å². The molecular weight excluding hydrogens is 330 g/mol. The summed E-state index contributed by atoms with van der Waals surface area (Å²) in [6.45, 7) is 0. The normalized spacial score (nSPS) is 10.6. The minimum atomic E-state index is -0.767. The standard InChI is InChI=1S/C15H11N5O5/c1-25-14(22)9-6-10(7-3-2-4-8(5-7)20(23)24)17-12-11(9)13(21)19-15(16)18-12/h2-6H,1H3,(H3,16,17,18,19,21). The van der Waals surface area contributed by atoms with E-state index in [1.807, 2.05) is 0 Å². The van der Waals surface area contributed by atoms with Crippen molar-refractivity contribution in [3.05, 3.63) is 56.4 Å². The second-order valence-electron chi connectivity index (χ2n) is 5.00. The SMILES string of the molecule is COC(=O)c1cc(-c2cccc([N+](=O)[O-])c2)nc2nc(N)[nH]c(=O)c12. The van der Waals surface area contributed by atoms with Gasteiger partial charge in [0.05, 0.1) is 28.7 Å². The number of aromatic nitrogens is 3. The number of hydrogen-bond donors (Lipinski definition) is 2. The van der Waals surface area contributed by atoms with Crippen LogP contribution in [0.4, 0.5) is 11.6 Å². The fourth-order valence-electron chi connectivity index (χ4n) is 2.35. The maximum atomic E-state index is 12.1. The van der Waals surface area contributed by atoms with Crippen LogP contribution in [0.1, 0.15) is 10.4 Å². The molecule has 1 aromatic carbocycles. The lowest BCUT2D eigenvalue weighted by molar-refractivity contribution is -0.384. The number of nitro groups is 1. The van der Waals surface area contributed by atoms with E-state index >= 15 is 0 Å². The van der Waals surface area contributed by atoms with Crippen LogP contribution < -0.4 is 11.3 Å². The summed E-state index contributed by atoms with van der Waals surface area (Å²) in [7, 11) is 1.17. The highest BCUT2D eigenvalue weighted by Crippen LogP contribution is 2.26. The van der Waals surface area contributed by atoms with Crippen LogP contribution >= 0.6 is 0 Å². The fraction of sp³-hybridized carbons (Fsp3) is 0.0667. The molecule has 3 N–H and O–H groups in total. The van der Waals surface area contributed by atoms with Crippen LogP contribution in [0.3, 0.4) is 0 Å². The number of rotatable bonds is 3. The highest BCUT2D eigenvalue weighted by atomic mass is 16.6. The third-order valence-corrected chi connectivity index (χ3v) is 3.45. The van der Waals surface area contributed by atoms with Crippen LogP contribution in [0.25, 0.3) is 22.3 Å². The number of hydrogen-bond acceptors (Lipinski definition) is 8. The summed E-state index contributed by atoms with van der Waals surface area (Å²) >= 11 is 0. The van der Waals surface area contributed by atoms with Crippen molar-refractivity contribution in [1.29, 1.82) is 0 Å². The third kappa shape index (κ3) is 2.87. The number of carbonyl (C=O) groups excluding carboxylic acids is 1. The topological polar surface area (TPSA) is 154 Å². The first-order valence-electron chi connectivity index (χ1n) is 6.94. The summed E-state index contributed by atoms with van der Waals surface area (Å²) < 4.78 is 4.70. The largest absolute Gasteiger partial charge is 0.465 e. The van der Waals surface area contributed by atoms with Gasteiger partial charge in [0.15, 0.2) is 5.65 Å². The van der Waals surface area contributed by atoms with Crippen LogP contribution in [0.5, 0.6) is 0 Å². The molecule has 2 heterocycles. The number of non-ortho nitro benzene ring substituents is 1. The van der Waals surface area contributed by atoms with Crippen LogP contribution in [-0.2, 0) is 4.74 Å². The Kier molecular flexibility index (Phi) is 3.85. The Labute approximate surface area is 139 Å². The number of nitro benzene ring substituents is 1. The smallest absolute Gasteiger partial charge is 0.338 e. The quantitative estimate of drug-likeness (QED) is 0.410. The molecule has 3 aromatic rings. The molecule has 10 heteroatoms. The molecule has 0 unspecified atom stereocenters. The number of nitrogens with zero attached hydrogens (tertiary/aromatic N) is 3. The van der Waals surface area contributed by atoms with Gasteiger partial charge in [-0.25, -0.2) is 9.78 Å². The van der Waals surface area contributed by atoms with E-state index in [2.05, 4.69) is 15.0 Å². The molecule has 3 rings (SSSR count). The van der Waals surface area contributed by atoms with Crippen molar-refractivity contribution >= 4 is 28.6 Å². The van der Waals surface area contributed by atoms with E-state index in [0.29, 0.717) is 5.56 Å². The average Bonchev–Trinajstić information content (AvgIpc) is 2.59. The van der Waals surface area contributed by atoms with E-state index in [9.17, 15) is 19.7 Å². The number of H-pyrrole nitrogens is 1. The van der Waals surface area contributed by atoms with E-state index in [4.69, 9.17) is 10.5 Å². The Balaban J connectivity index is 2.34. The summed E-state index contributed by atoms with van der Waals surface area (Å²) in [4.78, 5) is 45.0. The molecule has 0 aliphatic heterocycles. The summed E-state index contributed by atoms with van der Waals surface area (Å²) in [5, 5.41) is 10.9. The van der Waals surface area contributed by atoms with E-state index in [-0.39, 0.29) is 33.9 Å². The monoisotopic (exact) mass is 341 g/mol. The number of carbonyl (C=O) groups is 1. The van der Waals surface area contributed by atoms with Crippen LogP contribution in [0, 0.1) is 10.1 Å². The minimum absolute atomic E-state index is 0.0642. The molecule has 0 aliphatic rings. The molecule has 0 spiro atoms. The van der Waals surface area contributed by atoms with Crippen molar-refractivity contribution in [3.63, 3.8) is 0 Å². The van der Waals surface area contributed by atoms with Gasteiger partial charge in [-0.15, -0.1) is 0 Å². The highest BCUT2D eigenvalue weighted by molar-refractivity contribution is 6.03. The van der Waals surface area contributed by atoms with Gasteiger partial charge in [-0.2, -0.15) is 4.98 Å². The number of benzene rings is 1. The van der Waals surface area contributed by atoms with Crippen molar-refractivity contribution in [2.75, 3.05) is 12.8 Å². The highest BCUT2D eigenvalue weighted by Gasteiger charge is 2.19. The summed E-state index contributed by atoms with van der Waals surface area (Å²) in [6.07, 6.45) is 0. The van der Waals surface area contributed by atoms with E-state index in [0.717, 1.165) is 0 Å². The molecule has 0 amide bonds. The predicted molar refractivity (Wildman–Crippen MR) is 88.0 cm³/mol. The second-order valence-corrected chi connectivity index (χ2v) is 5.00. The Morgan fingerprint density at radius 1 is 1.32 bits per heavy atom. The lowest BCUT2D eigenvalue weighted by Crippen LogP contribution is -2.16. The van der Waals surface area contributed by atoms with Gasteiger partial charge in [-0.1, -0.05) is 12.1 Å². The number of esters is 1. The molecule has 0 saturated carbocycles. The molecule has 0 fully saturated rings. The molecule has 0 bridgehead atoms. The minimum Gasteiger partial charge on any atom is -0.465 e. The Morgan fingerprint density at radius 2 is 2.08 bits per heavy atom. The van der Waals surface area contributed by atoms with Crippen molar-refractivity contribution in [2.24, 2.45) is 0 Å². The number of nitrogen functional groups attached to an aromatic ring is 1. The number of anilines is 1. The molecule has 25 heavy (non-hydrogen) atoms. The zero-order chi connectivity index (χ0) is 18.1. The predicted octanol–water partition coefficient (Wildman–Crippen LogP) is 1.26. The van der Waals surface area contributed by atoms with Gasteiger partial charge in [0.2, 0.25) is 5.95 Å². The van der Waals surface area contributed by atoms with Crippen molar-refractivity contribution in [3.8, 4) is 11.3 Å². The molecular formula is C15H11N5O5. The fourth-order valence-corrected chi connectivity index (χ4v) is 2.35. The van der Waals surface area contributed by atoms with Crippen molar-refractivity contribution in [1.82, 2.24) is 15.0 Å². The molecule has 0 radical (unpaired) electrons. The van der Waals surface area contributed by atoms with Gasteiger partial charge in [0.25, 0.3) is 11.2 Å². The summed E-state index contributed by atoms with van der Waals surface area (Å²) in [6, 6.07) is 7.01. The maximum Gasteiger partial charge on any atom is 0.338 e. The maximum absolute atomic E-state index is 12.1. The first-order valence-corrected chi connectivity index (χ1v) is 6.94. The van der Waals surface area contributed by atoms with Crippen LogP contribution in [0.2, 0.25) is 0 Å². The zero-order valence-corrected chi connectivity index (χ0v) is 12.8. The van der Waals surface area contributed by atoms with Gasteiger partial charge in [0.1, 0.15) is 0 Å². The number of fused-ring (bicyclic) bond motifs is 1. The Morgan fingerprint density at radius 3 is 2.76 bits per heavy atom. The third-order valence-electron chi connectivity index (χ3n) is 3.45. The van der Waals surface area contributed by atoms with Crippen molar-refractivity contribution in [2.45, 2.75) is 0 Å². The first kappa shape index (κ1) is 16.1. The molecule has 0 aliphatic carbocycles. The van der Waals surface area contributed by atoms with Gasteiger partial charge < -0.3 is 10.5 Å². The number of methoxy groups -OCH3 is 1. The Bertz CT molecular complexity index is 1080. The molecule has 2 aromatic heterocycles. The van der Waals surface area contributed by atoms with Crippen LogP contribution in [0.15, 0.2) is 35.1 Å². The van der Waals surface area contributed by atoms with Gasteiger partial charge in [-0.05, 0) is 6.07 Å². The van der Waals surface area contributed by atoms with Gasteiger partial charge in [0, 0.05) is 17.7 Å².